The third kappa shape index (κ3) is 5.51. The smallest absolute Gasteiger partial charge is 0.245 e. The summed E-state index contributed by atoms with van der Waals surface area (Å²) in [6.45, 7) is 3.86. The minimum absolute atomic E-state index is 0.0941. The van der Waals surface area contributed by atoms with Crippen LogP contribution in [0.25, 0.3) is 0 Å². The topological polar surface area (TPSA) is 58.6 Å². The Labute approximate surface area is 139 Å². The van der Waals surface area contributed by atoms with Crippen LogP contribution in [0.1, 0.15) is 13.3 Å². The Hall–Kier alpha value is -1.60. The number of hydrogen-bond acceptors (Lipinski definition) is 4. The number of carbonyl (C=O) groups excluding carboxylic acids is 2. The molecule has 1 aliphatic heterocycles. The first-order valence-electron chi connectivity index (χ1n) is 7.61. The highest BCUT2D eigenvalue weighted by Crippen LogP contribution is 2.21. The number of nitrogens with zero attached hydrogens (tertiary/aromatic N) is 1. The highest BCUT2D eigenvalue weighted by atomic mass is 32.2. The lowest BCUT2D eigenvalue weighted by atomic mass is 10.2. The van der Waals surface area contributed by atoms with Gasteiger partial charge in [0, 0.05) is 30.2 Å². The number of hydrogen-bond donors (Lipinski definition) is 1. The number of rotatable bonds is 6. The Kier molecular flexibility index (Phi) is 6.85. The van der Waals surface area contributed by atoms with Gasteiger partial charge in [-0.3, -0.25) is 9.59 Å². The van der Waals surface area contributed by atoms with Crippen LogP contribution in [-0.4, -0.2) is 54.8 Å². The summed E-state index contributed by atoms with van der Waals surface area (Å²) in [5.41, 5.74) is 0. The molecule has 2 amide bonds. The summed E-state index contributed by atoms with van der Waals surface area (Å²) in [5.74, 6) is -0.120. The van der Waals surface area contributed by atoms with Gasteiger partial charge in [-0.15, -0.1) is 11.8 Å². The molecule has 126 valence electrons. The van der Waals surface area contributed by atoms with Gasteiger partial charge < -0.3 is 15.0 Å². The van der Waals surface area contributed by atoms with Crippen molar-refractivity contribution in [3.63, 3.8) is 0 Å². The summed E-state index contributed by atoms with van der Waals surface area (Å²) in [6, 6.07) is 5.91. The predicted molar refractivity (Wildman–Crippen MR) is 86.7 cm³/mol. The normalized spacial score (nSPS) is 16.0. The summed E-state index contributed by atoms with van der Waals surface area (Å²) in [7, 11) is 0. The monoisotopic (exact) mass is 340 g/mol. The molecule has 0 radical (unpaired) electrons. The molecule has 0 aliphatic carbocycles. The molecular weight excluding hydrogens is 319 g/mol. The molecule has 1 fully saturated rings. The average Bonchev–Trinajstić information content (AvgIpc) is 2.56. The zero-order valence-corrected chi connectivity index (χ0v) is 13.9. The van der Waals surface area contributed by atoms with Gasteiger partial charge in [0.2, 0.25) is 11.8 Å². The summed E-state index contributed by atoms with van der Waals surface area (Å²) in [5, 5.41) is 2.70. The van der Waals surface area contributed by atoms with Crippen LogP contribution in [0.4, 0.5) is 4.39 Å². The second kappa shape index (κ2) is 8.88. The van der Waals surface area contributed by atoms with E-state index in [1.165, 1.54) is 17.8 Å². The fourth-order valence-electron chi connectivity index (χ4n) is 2.25. The molecule has 1 aliphatic rings. The summed E-state index contributed by atoms with van der Waals surface area (Å²) in [6.07, 6.45) is 0.236. The van der Waals surface area contributed by atoms with Gasteiger partial charge in [0.1, 0.15) is 11.9 Å². The van der Waals surface area contributed by atoms with E-state index in [1.54, 1.807) is 30.0 Å². The van der Waals surface area contributed by atoms with Crippen molar-refractivity contribution in [3.8, 4) is 0 Å². The van der Waals surface area contributed by atoms with Gasteiger partial charge in [0.05, 0.1) is 13.2 Å². The zero-order valence-electron chi connectivity index (χ0n) is 13.1. The molecule has 1 aromatic rings. The van der Waals surface area contributed by atoms with E-state index >= 15 is 0 Å². The van der Waals surface area contributed by atoms with Crippen LogP contribution in [0.5, 0.6) is 0 Å². The maximum atomic E-state index is 13.5. The first-order valence-corrected chi connectivity index (χ1v) is 8.59. The van der Waals surface area contributed by atoms with Crippen LogP contribution >= 0.6 is 11.8 Å². The number of thioether (sulfide) groups is 1. The van der Waals surface area contributed by atoms with E-state index in [4.69, 9.17) is 4.74 Å². The second-order valence-electron chi connectivity index (χ2n) is 5.26. The Morgan fingerprint density at radius 1 is 1.35 bits per heavy atom. The van der Waals surface area contributed by atoms with Crippen LogP contribution in [0.2, 0.25) is 0 Å². The Bertz CT molecular complexity index is 550. The van der Waals surface area contributed by atoms with Crippen LogP contribution < -0.4 is 5.32 Å². The number of benzene rings is 1. The van der Waals surface area contributed by atoms with E-state index in [0.29, 0.717) is 37.0 Å². The highest BCUT2D eigenvalue weighted by molar-refractivity contribution is 7.99. The van der Waals surface area contributed by atoms with Crippen LogP contribution in [0.15, 0.2) is 29.2 Å². The van der Waals surface area contributed by atoms with Gasteiger partial charge in [-0.25, -0.2) is 4.39 Å². The Morgan fingerprint density at radius 2 is 2.04 bits per heavy atom. The highest BCUT2D eigenvalue weighted by Gasteiger charge is 2.23. The maximum absolute atomic E-state index is 13.5. The van der Waals surface area contributed by atoms with Crippen molar-refractivity contribution < 1.29 is 18.7 Å². The van der Waals surface area contributed by atoms with Crippen molar-refractivity contribution in [2.75, 3.05) is 32.1 Å². The van der Waals surface area contributed by atoms with Gasteiger partial charge >= 0.3 is 0 Å². The van der Waals surface area contributed by atoms with Gasteiger partial charge in [-0.2, -0.15) is 0 Å². The molecule has 7 heteroatoms. The SMILES string of the molecule is C[C@@H](NC(=O)CCSc1ccccc1F)C(=O)N1CCOCC1. The van der Waals surface area contributed by atoms with E-state index in [9.17, 15) is 14.0 Å². The summed E-state index contributed by atoms with van der Waals surface area (Å²) < 4.78 is 18.7. The minimum Gasteiger partial charge on any atom is -0.378 e. The third-order valence-electron chi connectivity index (χ3n) is 3.49. The summed E-state index contributed by atoms with van der Waals surface area (Å²) in [4.78, 5) is 26.3. The molecule has 1 saturated heterocycles. The first-order chi connectivity index (χ1) is 11.1. The van der Waals surface area contributed by atoms with Crippen LogP contribution in [0, 0.1) is 5.82 Å². The van der Waals surface area contributed by atoms with Crippen molar-refractivity contribution in [1.82, 2.24) is 10.2 Å². The third-order valence-corrected chi connectivity index (χ3v) is 4.54. The van der Waals surface area contributed by atoms with Crippen molar-refractivity contribution in [2.24, 2.45) is 0 Å². The minimum atomic E-state index is -0.556. The molecule has 0 spiro atoms. The molecule has 0 unspecified atom stereocenters. The number of nitrogens with one attached hydrogen (secondary N) is 1. The molecule has 0 aromatic heterocycles. The quantitative estimate of drug-likeness (QED) is 0.801. The second-order valence-corrected chi connectivity index (χ2v) is 6.39. The average molecular weight is 340 g/mol. The molecule has 1 N–H and O–H groups in total. The number of amides is 2. The number of halogens is 1. The molecule has 2 rings (SSSR count). The molecule has 5 nitrogen and oxygen atoms in total. The van der Waals surface area contributed by atoms with Crippen LogP contribution in [-0.2, 0) is 14.3 Å². The fourth-order valence-corrected chi connectivity index (χ4v) is 3.14. The van der Waals surface area contributed by atoms with Gasteiger partial charge in [0.25, 0.3) is 0 Å². The van der Waals surface area contributed by atoms with Crippen molar-refractivity contribution in [2.45, 2.75) is 24.3 Å². The molecule has 23 heavy (non-hydrogen) atoms. The number of ether oxygens (including phenoxy) is 1. The number of morpholine rings is 1. The lowest BCUT2D eigenvalue weighted by Crippen LogP contribution is -2.50. The lowest BCUT2D eigenvalue weighted by Gasteiger charge is -2.29. The van der Waals surface area contributed by atoms with E-state index in [1.807, 2.05) is 0 Å². The molecule has 1 heterocycles. The molecule has 0 bridgehead atoms. The number of carbonyl (C=O) groups is 2. The Balaban J connectivity index is 1.71. The van der Waals surface area contributed by atoms with Crippen molar-refractivity contribution in [3.05, 3.63) is 30.1 Å². The molecule has 0 saturated carbocycles. The Morgan fingerprint density at radius 3 is 2.74 bits per heavy atom. The van der Waals surface area contributed by atoms with E-state index < -0.39 is 6.04 Å². The maximum Gasteiger partial charge on any atom is 0.245 e. The van der Waals surface area contributed by atoms with E-state index in [2.05, 4.69) is 5.32 Å². The predicted octanol–water partition coefficient (Wildman–Crippen LogP) is 1.67. The molecule has 1 atom stereocenters. The van der Waals surface area contributed by atoms with E-state index in [-0.39, 0.29) is 24.1 Å². The van der Waals surface area contributed by atoms with Gasteiger partial charge in [0.15, 0.2) is 0 Å². The molecular formula is C16H21FN2O3S. The zero-order chi connectivity index (χ0) is 16.7. The lowest BCUT2D eigenvalue weighted by molar-refractivity contribution is -0.139. The largest absolute Gasteiger partial charge is 0.378 e. The van der Waals surface area contributed by atoms with E-state index in [0.717, 1.165) is 0 Å². The van der Waals surface area contributed by atoms with Crippen molar-refractivity contribution >= 4 is 23.6 Å². The van der Waals surface area contributed by atoms with Gasteiger partial charge in [-0.05, 0) is 19.1 Å². The fraction of sp³-hybridized carbons (Fsp3) is 0.500. The van der Waals surface area contributed by atoms with Crippen LogP contribution in [0.3, 0.4) is 0 Å². The standard InChI is InChI=1S/C16H21FN2O3S/c1-12(16(21)19-7-9-22-10-8-19)18-15(20)6-11-23-14-5-3-2-4-13(14)17/h2-5,12H,6-11H2,1H3,(H,18,20)/t12-/m1/s1. The van der Waals surface area contributed by atoms with Crippen molar-refractivity contribution in [1.29, 1.82) is 0 Å². The first kappa shape index (κ1) is 17.7. The summed E-state index contributed by atoms with van der Waals surface area (Å²) >= 11 is 1.29. The van der Waals surface area contributed by atoms with Gasteiger partial charge in [-0.1, -0.05) is 12.1 Å². The molecule has 1 aromatic carbocycles.